The smallest absolute Gasteiger partial charge is 0.127 e. The molecule has 0 bridgehead atoms. The first-order valence-electron chi connectivity index (χ1n) is 10.8. The van der Waals surface area contributed by atoms with Crippen LogP contribution in [0.25, 0.3) is 10.6 Å². The van der Waals surface area contributed by atoms with E-state index in [9.17, 15) is 5.11 Å². The number of hydrogen-bond acceptors (Lipinski definition) is 8. The van der Waals surface area contributed by atoms with E-state index in [0.29, 0.717) is 5.56 Å². The Morgan fingerprint density at radius 2 is 1.45 bits per heavy atom. The Morgan fingerprint density at radius 1 is 0.848 bits per heavy atom. The molecule has 0 aliphatic carbocycles. The van der Waals surface area contributed by atoms with Crippen LogP contribution < -0.4 is 15.8 Å². The molecule has 4 aromatic rings. The standard InChI is InChI=1S/C25H26N6OS/c1-3-31(4-2)22-12-9-20(10-13-22)28-27-18-5-7-19(8-6-18)29-30-21-11-14-23(24(32)17-21)25-26-15-16-33-25/h5-17,29-30,32H,3-4H2,1-2H3. The van der Waals surface area contributed by atoms with Crippen LogP contribution in [0.1, 0.15) is 13.8 Å². The molecule has 0 fully saturated rings. The Kier molecular flexibility index (Phi) is 7.16. The van der Waals surface area contributed by atoms with Crippen molar-refractivity contribution < 1.29 is 5.11 Å². The van der Waals surface area contributed by atoms with Crippen LogP contribution in [0.3, 0.4) is 0 Å². The van der Waals surface area contributed by atoms with E-state index in [-0.39, 0.29) is 5.75 Å². The summed E-state index contributed by atoms with van der Waals surface area (Å²) in [5.74, 6) is 0.178. The van der Waals surface area contributed by atoms with Gasteiger partial charge in [-0.25, -0.2) is 4.98 Å². The lowest BCUT2D eigenvalue weighted by molar-refractivity contribution is 0.477. The molecule has 0 spiro atoms. The normalized spacial score (nSPS) is 11.0. The van der Waals surface area contributed by atoms with Gasteiger partial charge in [-0.15, -0.1) is 11.3 Å². The summed E-state index contributed by atoms with van der Waals surface area (Å²) in [7, 11) is 0. The first-order chi connectivity index (χ1) is 16.2. The van der Waals surface area contributed by atoms with Gasteiger partial charge in [0.2, 0.25) is 0 Å². The fourth-order valence-corrected chi connectivity index (χ4v) is 4.01. The SMILES string of the molecule is CCN(CC)c1ccc(N=Nc2ccc(NNc3ccc(-c4nccs4)c(O)c3)cc2)cc1. The molecule has 0 unspecified atom stereocenters. The number of hydrazine groups is 1. The summed E-state index contributed by atoms with van der Waals surface area (Å²) in [4.78, 5) is 6.52. The largest absolute Gasteiger partial charge is 0.507 e. The van der Waals surface area contributed by atoms with Crippen LogP contribution in [0.15, 0.2) is 88.5 Å². The molecule has 0 aliphatic heterocycles. The zero-order valence-corrected chi connectivity index (χ0v) is 19.4. The summed E-state index contributed by atoms with van der Waals surface area (Å²) in [6, 6.07) is 21.1. The minimum atomic E-state index is 0.178. The molecule has 0 amide bonds. The van der Waals surface area contributed by atoms with Crippen molar-refractivity contribution in [2.45, 2.75) is 13.8 Å². The number of anilines is 3. The van der Waals surface area contributed by atoms with Crippen molar-refractivity contribution in [1.29, 1.82) is 0 Å². The third-order valence-corrected chi connectivity index (χ3v) is 5.94. The van der Waals surface area contributed by atoms with E-state index in [0.717, 1.165) is 40.8 Å². The molecular formula is C25H26N6OS. The Labute approximate surface area is 197 Å². The van der Waals surface area contributed by atoms with Crippen LogP contribution >= 0.6 is 11.3 Å². The third-order valence-electron chi connectivity index (χ3n) is 5.14. The van der Waals surface area contributed by atoms with Crippen molar-refractivity contribution in [3.05, 3.63) is 78.3 Å². The van der Waals surface area contributed by atoms with Crippen LogP contribution in [0.5, 0.6) is 5.75 Å². The van der Waals surface area contributed by atoms with E-state index < -0.39 is 0 Å². The van der Waals surface area contributed by atoms with Crippen molar-refractivity contribution in [3.63, 3.8) is 0 Å². The number of benzene rings is 3. The third kappa shape index (κ3) is 5.67. The summed E-state index contributed by atoms with van der Waals surface area (Å²) in [5, 5.41) is 21.6. The molecule has 4 rings (SSSR count). The minimum absolute atomic E-state index is 0.178. The van der Waals surface area contributed by atoms with Gasteiger partial charge in [0.1, 0.15) is 10.8 Å². The molecule has 8 heteroatoms. The fourth-order valence-electron chi connectivity index (χ4n) is 3.34. The molecule has 33 heavy (non-hydrogen) atoms. The molecule has 168 valence electrons. The molecule has 7 nitrogen and oxygen atoms in total. The highest BCUT2D eigenvalue weighted by atomic mass is 32.1. The fraction of sp³-hybridized carbons (Fsp3) is 0.160. The van der Waals surface area contributed by atoms with Gasteiger partial charge >= 0.3 is 0 Å². The number of nitrogens with zero attached hydrogens (tertiary/aromatic N) is 4. The van der Waals surface area contributed by atoms with E-state index in [1.165, 1.54) is 17.0 Å². The number of azo groups is 1. The maximum absolute atomic E-state index is 10.3. The second kappa shape index (κ2) is 10.6. The Hall–Kier alpha value is -3.91. The van der Waals surface area contributed by atoms with Gasteiger partial charge in [-0.1, -0.05) is 0 Å². The van der Waals surface area contributed by atoms with Gasteiger partial charge in [-0.05, 0) is 74.5 Å². The van der Waals surface area contributed by atoms with Gasteiger partial charge in [-0.2, -0.15) is 10.2 Å². The summed E-state index contributed by atoms with van der Waals surface area (Å²) >= 11 is 1.49. The molecule has 0 aliphatic rings. The highest BCUT2D eigenvalue weighted by molar-refractivity contribution is 7.13. The highest BCUT2D eigenvalue weighted by Crippen LogP contribution is 2.32. The van der Waals surface area contributed by atoms with Gasteiger partial charge in [0.25, 0.3) is 0 Å². The van der Waals surface area contributed by atoms with Crippen LogP contribution in [-0.4, -0.2) is 23.2 Å². The van der Waals surface area contributed by atoms with Crippen molar-refractivity contribution >= 4 is 39.8 Å². The van der Waals surface area contributed by atoms with E-state index in [1.54, 1.807) is 12.3 Å². The molecule has 0 saturated carbocycles. The van der Waals surface area contributed by atoms with Crippen molar-refractivity contribution in [3.8, 4) is 16.3 Å². The van der Waals surface area contributed by atoms with Gasteiger partial charge in [0.15, 0.2) is 0 Å². The van der Waals surface area contributed by atoms with Crippen molar-refractivity contribution in [2.75, 3.05) is 28.8 Å². The maximum Gasteiger partial charge on any atom is 0.127 e. The minimum Gasteiger partial charge on any atom is -0.507 e. The van der Waals surface area contributed by atoms with Crippen LogP contribution in [0, 0.1) is 0 Å². The molecular weight excluding hydrogens is 432 g/mol. The zero-order chi connectivity index (χ0) is 23.0. The lowest BCUT2D eigenvalue weighted by Gasteiger charge is -2.20. The quantitative estimate of drug-likeness (QED) is 0.182. The topological polar surface area (TPSA) is 85.1 Å². The first-order valence-corrected chi connectivity index (χ1v) is 11.7. The van der Waals surface area contributed by atoms with Gasteiger partial charge in [-0.3, -0.25) is 0 Å². The zero-order valence-electron chi connectivity index (χ0n) is 18.6. The maximum atomic E-state index is 10.3. The summed E-state index contributed by atoms with van der Waals surface area (Å²) < 4.78 is 0. The molecule has 3 aromatic carbocycles. The molecule has 0 saturated heterocycles. The number of thiazole rings is 1. The Balaban J connectivity index is 1.33. The van der Waals surface area contributed by atoms with Crippen LogP contribution in [-0.2, 0) is 0 Å². The van der Waals surface area contributed by atoms with E-state index in [1.807, 2.05) is 53.9 Å². The molecule has 0 radical (unpaired) electrons. The van der Waals surface area contributed by atoms with Gasteiger partial charge in [0.05, 0.1) is 28.3 Å². The number of hydrogen-bond donors (Lipinski definition) is 3. The molecule has 1 aromatic heterocycles. The number of aromatic hydroxyl groups is 1. The van der Waals surface area contributed by atoms with E-state index in [2.05, 4.69) is 56.9 Å². The summed E-state index contributed by atoms with van der Waals surface area (Å²) in [5.41, 5.74) is 11.3. The second-order valence-corrected chi connectivity index (χ2v) is 8.15. The van der Waals surface area contributed by atoms with Gasteiger partial charge < -0.3 is 20.9 Å². The van der Waals surface area contributed by atoms with Crippen LogP contribution in [0.4, 0.5) is 28.4 Å². The average Bonchev–Trinajstić information content (AvgIpc) is 3.38. The highest BCUT2D eigenvalue weighted by Gasteiger charge is 2.07. The number of phenolic OH excluding ortho intramolecular Hbond substituents is 1. The van der Waals surface area contributed by atoms with Crippen LogP contribution in [0.2, 0.25) is 0 Å². The van der Waals surface area contributed by atoms with Crippen molar-refractivity contribution in [1.82, 2.24) is 4.98 Å². The number of phenols is 1. The Morgan fingerprint density at radius 3 is 2.03 bits per heavy atom. The predicted molar refractivity (Wildman–Crippen MR) is 137 cm³/mol. The molecule has 1 heterocycles. The lowest BCUT2D eigenvalue weighted by atomic mass is 10.2. The monoisotopic (exact) mass is 458 g/mol. The number of rotatable bonds is 9. The number of nitrogens with one attached hydrogen (secondary N) is 2. The Bertz CT molecular complexity index is 1190. The van der Waals surface area contributed by atoms with E-state index >= 15 is 0 Å². The molecule has 3 N–H and O–H groups in total. The average molecular weight is 459 g/mol. The van der Waals surface area contributed by atoms with Crippen molar-refractivity contribution in [2.24, 2.45) is 10.2 Å². The van der Waals surface area contributed by atoms with E-state index in [4.69, 9.17) is 0 Å². The lowest BCUT2D eigenvalue weighted by Crippen LogP contribution is -2.21. The summed E-state index contributed by atoms with van der Waals surface area (Å²) in [6.07, 6.45) is 1.72. The predicted octanol–water partition coefficient (Wildman–Crippen LogP) is 7.22. The second-order valence-electron chi connectivity index (χ2n) is 7.25. The first kappa shape index (κ1) is 22.3. The van der Waals surface area contributed by atoms with Gasteiger partial charge in [0, 0.05) is 36.4 Å². The summed E-state index contributed by atoms with van der Waals surface area (Å²) in [6.45, 7) is 6.25. The molecule has 0 atom stereocenters. The number of aromatic nitrogens is 1.